The molecule has 8 nitrogen and oxygen atoms in total. The summed E-state index contributed by atoms with van der Waals surface area (Å²) in [6.07, 6.45) is 4.25. The molecule has 0 aliphatic rings. The average molecular weight is 262 g/mol. The van der Waals surface area contributed by atoms with Crippen LogP contribution in [0.25, 0.3) is 0 Å². The number of nitro benzene ring substituents is 1. The third-order valence-electron chi connectivity index (χ3n) is 2.37. The Labute approximate surface area is 107 Å². The van der Waals surface area contributed by atoms with E-state index in [1.807, 2.05) is 0 Å². The van der Waals surface area contributed by atoms with E-state index in [0.717, 1.165) is 0 Å². The van der Waals surface area contributed by atoms with E-state index in [-0.39, 0.29) is 11.4 Å². The SMILES string of the molecule is COc1ccc(NC(=O)n2ccnc2)cc1[N+](=O)[O-]. The smallest absolute Gasteiger partial charge is 0.331 e. The molecule has 0 aliphatic carbocycles. The van der Waals surface area contributed by atoms with E-state index in [2.05, 4.69) is 10.3 Å². The fraction of sp³-hybridized carbons (Fsp3) is 0.0909. The predicted molar refractivity (Wildman–Crippen MR) is 66.3 cm³/mol. The van der Waals surface area contributed by atoms with Crippen LogP contribution in [0.1, 0.15) is 0 Å². The second-order valence-electron chi connectivity index (χ2n) is 3.54. The maximum absolute atomic E-state index is 11.7. The van der Waals surface area contributed by atoms with Crippen LogP contribution in [-0.4, -0.2) is 27.6 Å². The molecule has 1 amide bonds. The Morgan fingerprint density at radius 3 is 2.89 bits per heavy atom. The minimum Gasteiger partial charge on any atom is -0.490 e. The third-order valence-corrected chi connectivity index (χ3v) is 2.37. The van der Waals surface area contributed by atoms with Gasteiger partial charge in [0.05, 0.1) is 12.0 Å². The number of ether oxygens (including phenoxy) is 1. The highest BCUT2D eigenvalue weighted by Gasteiger charge is 2.16. The van der Waals surface area contributed by atoms with Crippen molar-refractivity contribution >= 4 is 17.4 Å². The van der Waals surface area contributed by atoms with E-state index in [0.29, 0.717) is 5.69 Å². The Morgan fingerprint density at radius 2 is 2.32 bits per heavy atom. The number of rotatable bonds is 3. The van der Waals surface area contributed by atoms with Gasteiger partial charge in [0.1, 0.15) is 6.33 Å². The summed E-state index contributed by atoms with van der Waals surface area (Å²) >= 11 is 0. The number of aromatic nitrogens is 2. The molecule has 1 N–H and O–H groups in total. The normalized spacial score (nSPS) is 9.95. The molecule has 0 atom stereocenters. The topological polar surface area (TPSA) is 99.3 Å². The molecule has 1 heterocycles. The van der Waals surface area contributed by atoms with Crippen molar-refractivity contribution < 1.29 is 14.5 Å². The van der Waals surface area contributed by atoms with Crippen LogP contribution in [0.3, 0.4) is 0 Å². The molecule has 2 aromatic rings. The summed E-state index contributed by atoms with van der Waals surface area (Å²) in [6.45, 7) is 0. The first kappa shape index (κ1) is 12.6. The summed E-state index contributed by atoms with van der Waals surface area (Å²) in [4.78, 5) is 25.7. The molecular weight excluding hydrogens is 252 g/mol. The molecule has 0 saturated heterocycles. The summed E-state index contributed by atoms with van der Waals surface area (Å²) in [7, 11) is 1.34. The number of amides is 1. The largest absolute Gasteiger partial charge is 0.490 e. The van der Waals surface area contributed by atoms with E-state index in [9.17, 15) is 14.9 Å². The Bertz CT molecular complexity index is 609. The number of carbonyl (C=O) groups excluding carboxylic acids is 1. The van der Waals surface area contributed by atoms with Gasteiger partial charge in [-0.25, -0.2) is 9.78 Å². The lowest BCUT2D eigenvalue weighted by molar-refractivity contribution is -0.385. The van der Waals surface area contributed by atoms with Gasteiger partial charge in [0, 0.05) is 24.1 Å². The monoisotopic (exact) mass is 262 g/mol. The minimum atomic E-state index is -0.578. The second kappa shape index (κ2) is 5.17. The van der Waals surface area contributed by atoms with Crippen molar-refractivity contribution in [1.82, 2.24) is 9.55 Å². The zero-order valence-electron chi connectivity index (χ0n) is 9.94. The van der Waals surface area contributed by atoms with Crippen LogP contribution in [0.4, 0.5) is 16.2 Å². The van der Waals surface area contributed by atoms with E-state index < -0.39 is 11.0 Å². The molecule has 2 rings (SSSR count). The van der Waals surface area contributed by atoms with Gasteiger partial charge in [0.25, 0.3) is 0 Å². The van der Waals surface area contributed by atoms with E-state index >= 15 is 0 Å². The number of nitro groups is 1. The van der Waals surface area contributed by atoms with E-state index in [1.165, 1.54) is 48.6 Å². The molecule has 1 aromatic heterocycles. The van der Waals surface area contributed by atoms with Crippen molar-refractivity contribution in [2.24, 2.45) is 0 Å². The molecular formula is C11H10N4O4. The van der Waals surface area contributed by atoms with Crippen LogP contribution in [0.2, 0.25) is 0 Å². The Kier molecular flexibility index (Phi) is 3.42. The van der Waals surface area contributed by atoms with Crippen molar-refractivity contribution in [3.05, 3.63) is 47.0 Å². The van der Waals surface area contributed by atoms with Crippen molar-refractivity contribution in [1.29, 1.82) is 0 Å². The van der Waals surface area contributed by atoms with E-state index in [4.69, 9.17) is 4.74 Å². The van der Waals surface area contributed by atoms with Crippen LogP contribution in [0, 0.1) is 10.1 Å². The average Bonchev–Trinajstić information content (AvgIpc) is 2.92. The fourth-order valence-corrected chi connectivity index (χ4v) is 1.48. The number of anilines is 1. The minimum absolute atomic E-state index is 0.130. The maximum atomic E-state index is 11.7. The number of methoxy groups -OCH3 is 1. The van der Waals surface area contributed by atoms with Gasteiger partial charge in [-0.3, -0.25) is 14.7 Å². The van der Waals surface area contributed by atoms with Gasteiger partial charge in [-0.2, -0.15) is 0 Å². The highest BCUT2D eigenvalue weighted by molar-refractivity contribution is 5.91. The predicted octanol–water partition coefficient (Wildman–Crippen LogP) is 1.88. The molecule has 0 unspecified atom stereocenters. The number of hydrogen-bond donors (Lipinski definition) is 1. The van der Waals surface area contributed by atoms with Crippen LogP contribution in [0.15, 0.2) is 36.9 Å². The van der Waals surface area contributed by atoms with Crippen molar-refractivity contribution in [2.45, 2.75) is 0 Å². The first-order valence-electron chi connectivity index (χ1n) is 5.23. The molecule has 0 fully saturated rings. The zero-order chi connectivity index (χ0) is 13.8. The molecule has 0 spiro atoms. The lowest BCUT2D eigenvalue weighted by atomic mass is 10.2. The van der Waals surface area contributed by atoms with E-state index in [1.54, 1.807) is 0 Å². The molecule has 98 valence electrons. The van der Waals surface area contributed by atoms with Crippen LogP contribution < -0.4 is 10.1 Å². The van der Waals surface area contributed by atoms with Gasteiger partial charge in [-0.1, -0.05) is 0 Å². The Morgan fingerprint density at radius 1 is 1.53 bits per heavy atom. The molecule has 0 saturated carbocycles. The zero-order valence-corrected chi connectivity index (χ0v) is 9.94. The summed E-state index contributed by atoms with van der Waals surface area (Å²) in [6, 6.07) is 3.70. The van der Waals surface area contributed by atoms with Crippen molar-refractivity contribution in [3.8, 4) is 5.75 Å². The molecule has 8 heteroatoms. The molecule has 1 aromatic carbocycles. The van der Waals surface area contributed by atoms with Gasteiger partial charge in [-0.05, 0) is 12.1 Å². The quantitative estimate of drug-likeness (QED) is 0.672. The lowest BCUT2D eigenvalue weighted by Gasteiger charge is -2.07. The number of imidazole rings is 1. The summed E-state index contributed by atoms with van der Waals surface area (Å²) < 4.78 is 6.09. The summed E-state index contributed by atoms with van der Waals surface area (Å²) in [5, 5.41) is 13.4. The Hall–Kier alpha value is -2.90. The number of nitrogens with one attached hydrogen (secondary N) is 1. The first-order chi connectivity index (χ1) is 9.11. The number of nitrogens with zero attached hydrogens (tertiary/aromatic N) is 3. The highest BCUT2D eigenvalue weighted by atomic mass is 16.6. The highest BCUT2D eigenvalue weighted by Crippen LogP contribution is 2.29. The first-order valence-corrected chi connectivity index (χ1v) is 5.23. The number of hydrogen-bond acceptors (Lipinski definition) is 5. The van der Waals surface area contributed by atoms with Crippen molar-refractivity contribution in [3.63, 3.8) is 0 Å². The van der Waals surface area contributed by atoms with Crippen LogP contribution in [0.5, 0.6) is 5.75 Å². The number of benzene rings is 1. The summed E-state index contributed by atoms with van der Waals surface area (Å²) in [5.74, 6) is 0.130. The number of carbonyl (C=O) groups is 1. The molecule has 0 aliphatic heterocycles. The Balaban J connectivity index is 2.24. The molecule has 19 heavy (non-hydrogen) atoms. The second-order valence-corrected chi connectivity index (χ2v) is 3.54. The standard InChI is InChI=1S/C11H10N4O4/c1-19-10-3-2-8(6-9(10)15(17)18)13-11(16)14-5-4-12-7-14/h2-7H,1H3,(H,13,16). The fourth-order valence-electron chi connectivity index (χ4n) is 1.48. The van der Waals surface area contributed by atoms with Crippen LogP contribution in [-0.2, 0) is 0 Å². The van der Waals surface area contributed by atoms with Gasteiger partial charge in [0.15, 0.2) is 5.75 Å². The van der Waals surface area contributed by atoms with Gasteiger partial charge in [-0.15, -0.1) is 0 Å². The van der Waals surface area contributed by atoms with Gasteiger partial charge in [0.2, 0.25) is 0 Å². The van der Waals surface area contributed by atoms with Gasteiger partial charge >= 0.3 is 11.7 Å². The lowest BCUT2D eigenvalue weighted by Crippen LogP contribution is -2.17. The molecule has 0 bridgehead atoms. The maximum Gasteiger partial charge on any atom is 0.331 e. The summed E-state index contributed by atoms with van der Waals surface area (Å²) in [5.41, 5.74) is 0.0807. The third kappa shape index (κ3) is 2.68. The molecule has 0 radical (unpaired) electrons. The van der Waals surface area contributed by atoms with Crippen molar-refractivity contribution in [2.75, 3.05) is 12.4 Å². The van der Waals surface area contributed by atoms with Crippen LogP contribution >= 0.6 is 0 Å². The van der Waals surface area contributed by atoms with Gasteiger partial charge < -0.3 is 10.1 Å².